The third-order valence-electron chi connectivity index (χ3n) is 6.21. The minimum Gasteiger partial charge on any atom is -0.341 e. The molecule has 0 bridgehead atoms. The van der Waals surface area contributed by atoms with Gasteiger partial charge in [-0.1, -0.05) is 42.5 Å². The van der Waals surface area contributed by atoms with E-state index in [2.05, 4.69) is 17.0 Å². The van der Waals surface area contributed by atoms with E-state index in [0.717, 1.165) is 31.6 Å². The first-order chi connectivity index (χ1) is 14.5. The van der Waals surface area contributed by atoms with Crippen LogP contribution in [0.3, 0.4) is 0 Å². The molecule has 2 heterocycles. The zero-order valence-electron chi connectivity index (χ0n) is 18.0. The van der Waals surface area contributed by atoms with Crippen LogP contribution in [-0.4, -0.2) is 53.3 Å². The van der Waals surface area contributed by atoms with Gasteiger partial charge < -0.3 is 9.80 Å². The average Bonchev–Trinajstić information content (AvgIpc) is 3.28. The van der Waals surface area contributed by atoms with Crippen LogP contribution in [0.1, 0.15) is 37.8 Å². The van der Waals surface area contributed by atoms with Crippen LogP contribution in [0.5, 0.6) is 0 Å². The number of hydrogen-bond donors (Lipinski definition) is 0. The number of hydrogen-bond acceptors (Lipinski definition) is 3. The molecule has 0 saturated carbocycles. The summed E-state index contributed by atoms with van der Waals surface area (Å²) in [7, 11) is 0. The number of rotatable bonds is 5. The Morgan fingerprint density at radius 3 is 2.27 bits per heavy atom. The molecular formula is C25H31N3O2. The highest BCUT2D eigenvalue weighted by Crippen LogP contribution is 2.26. The monoisotopic (exact) mass is 405 g/mol. The number of carbonyl (C=O) groups excluding carboxylic acids is 2. The van der Waals surface area contributed by atoms with Gasteiger partial charge in [0.05, 0.1) is 12.6 Å². The fourth-order valence-electron chi connectivity index (χ4n) is 4.70. The van der Waals surface area contributed by atoms with Crippen LogP contribution < -0.4 is 4.90 Å². The molecule has 5 heteroatoms. The Balaban J connectivity index is 1.59. The number of para-hydroxylation sites is 1. The number of likely N-dealkylation sites (tertiary alicyclic amines) is 1. The van der Waals surface area contributed by atoms with Crippen LogP contribution in [0.25, 0.3) is 0 Å². The second kappa shape index (κ2) is 9.00. The lowest BCUT2D eigenvalue weighted by Gasteiger charge is -2.39. The van der Waals surface area contributed by atoms with Crippen molar-refractivity contribution in [1.29, 1.82) is 0 Å². The van der Waals surface area contributed by atoms with E-state index < -0.39 is 0 Å². The van der Waals surface area contributed by atoms with Crippen molar-refractivity contribution in [2.45, 2.75) is 51.7 Å². The van der Waals surface area contributed by atoms with Crippen LogP contribution in [0, 0.1) is 0 Å². The molecule has 30 heavy (non-hydrogen) atoms. The van der Waals surface area contributed by atoms with Gasteiger partial charge in [0.1, 0.15) is 0 Å². The summed E-state index contributed by atoms with van der Waals surface area (Å²) < 4.78 is 0. The van der Waals surface area contributed by atoms with Gasteiger partial charge in [-0.2, -0.15) is 0 Å². The molecule has 1 saturated heterocycles. The molecule has 0 unspecified atom stereocenters. The Morgan fingerprint density at radius 1 is 0.967 bits per heavy atom. The highest BCUT2D eigenvalue weighted by Gasteiger charge is 2.36. The Hall–Kier alpha value is -2.66. The molecule has 5 nitrogen and oxygen atoms in total. The lowest BCUT2D eigenvalue weighted by Crippen LogP contribution is -2.54. The van der Waals surface area contributed by atoms with E-state index in [4.69, 9.17) is 0 Å². The maximum Gasteiger partial charge on any atom is 0.241 e. The maximum atomic E-state index is 13.4. The van der Waals surface area contributed by atoms with Crippen LogP contribution in [0.2, 0.25) is 0 Å². The fraction of sp³-hybridized carbons (Fsp3) is 0.440. The summed E-state index contributed by atoms with van der Waals surface area (Å²) >= 11 is 0. The van der Waals surface area contributed by atoms with Crippen LogP contribution in [0.15, 0.2) is 54.6 Å². The number of amides is 2. The molecule has 2 aliphatic rings. The minimum atomic E-state index is -0.272. The molecule has 2 aromatic rings. The quantitative estimate of drug-likeness (QED) is 0.765. The highest BCUT2D eigenvalue weighted by molar-refractivity contribution is 5.95. The normalized spacial score (nSPS) is 19.0. The van der Waals surface area contributed by atoms with Crippen LogP contribution in [-0.2, 0) is 22.6 Å². The lowest BCUT2D eigenvalue weighted by molar-refractivity contribution is -0.137. The molecule has 2 amide bonds. The first-order valence-electron chi connectivity index (χ1n) is 11.0. The van der Waals surface area contributed by atoms with Gasteiger partial charge in [-0.3, -0.25) is 14.5 Å². The van der Waals surface area contributed by atoms with Crippen molar-refractivity contribution in [2.75, 3.05) is 24.5 Å². The average molecular weight is 406 g/mol. The Bertz CT molecular complexity index is 890. The number of nitrogens with zero attached hydrogens (tertiary/aromatic N) is 3. The van der Waals surface area contributed by atoms with E-state index in [1.54, 1.807) is 0 Å². The Kier molecular flexibility index (Phi) is 6.18. The molecule has 158 valence electrons. The van der Waals surface area contributed by atoms with Gasteiger partial charge in [0.2, 0.25) is 11.8 Å². The topological polar surface area (TPSA) is 43.9 Å². The molecule has 0 N–H and O–H groups in total. The predicted molar refractivity (Wildman–Crippen MR) is 119 cm³/mol. The van der Waals surface area contributed by atoms with E-state index in [0.29, 0.717) is 13.0 Å². The number of benzene rings is 2. The smallest absolute Gasteiger partial charge is 0.241 e. The number of carbonyl (C=O) groups is 2. The molecule has 0 radical (unpaired) electrons. The van der Waals surface area contributed by atoms with Crippen LogP contribution in [0.4, 0.5) is 5.69 Å². The summed E-state index contributed by atoms with van der Waals surface area (Å²) in [6.07, 6.45) is 2.82. The molecule has 0 aromatic heterocycles. The molecule has 2 aliphatic heterocycles. The van der Waals surface area contributed by atoms with E-state index >= 15 is 0 Å². The van der Waals surface area contributed by atoms with E-state index in [1.807, 2.05) is 66.1 Å². The molecule has 1 fully saturated rings. The summed E-state index contributed by atoms with van der Waals surface area (Å²) in [4.78, 5) is 32.7. The third kappa shape index (κ3) is 4.26. The van der Waals surface area contributed by atoms with Gasteiger partial charge in [0.15, 0.2) is 0 Å². The van der Waals surface area contributed by atoms with Crippen molar-refractivity contribution in [2.24, 2.45) is 0 Å². The van der Waals surface area contributed by atoms with Crippen molar-refractivity contribution in [3.8, 4) is 0 Å². The van der Waals surface area contributed by atoms with Crippen molar-refractivity contribution in [1.82, 2.24) is 9.80 Å². The zero-order chi connectivity index (χ0) is 21.1. The van der Waals surface area contributed by atoms with E-state index in [-0.39, 0.29) is 30.4 Å². The Morgan fingerprint density at radius 2 is 1.60 bits per heavy atom. The molecule has 0 spiro atoms. The van der Waals surface area contributed by atoms with Gasteiger partial charge in [0.25, 0.3) is 0 Å². The fourth-order valence-corrected chi connectivity index (χ4v) is 4.70. The van der Waals surface area contributed by atoms with E-state index in [9.17, 15) is 9.59 Å². The second-order valence-electron chi connectivity index (χ2n) is 8.62. The zero-order valence-corrected chi connectivity index (χ0v) is 18.0. The first kappa shape index (κ1) is 20.6. The largest absolute Gasteiger partial charge is 0.341 e. The molecule has 2 aromatic carbocycles. The third-order valence-corrected chi connectivity index (χ3v) is 6.21. The van der Waals surface area contributed by atoms with Crippen molar-refractivity contribution >= 4 is 17.5 Å². The Labute approximate surface area is 179 Å². The number of fused-ring (bicyclic) bond motifs is 1. The van der Waals surface area contributed by atoms with Gasteiger partial charge in [-0.05, 0) is 56.4 Å². The van der Waals surface area contributed by atoms with Crippen molar-refractivity contribution < 1.29 is 9.59 Å². The standard InChI is InChI=1S/C25H31N3O2/c1-19(2)28(22-12-4-3-5-13-22)24(29)18-27-17-21-11-7-6-10-20(21)16-23(27)25(30)26-14-8-9-15-26/h3-7,10-13,19,23H,8-9,14-18H2,1-2H3/t23-/m1/s1. The summed E-state index contributed by atoms with van der Waals surface area (Å²) in [6, 6.07) is 17.9. The van der Waals surface area contributed by atoms with Crippen molar-refractivity contribution in [3.63, 3.8) is 0 Å². The van der Waals surface area contributed by atoms with Gasteiger partial charge in [-0.25, -0.2) is 0 Å². The SMILES string of the molecule is CC(C)N(C(=O)CN1Cc2ccccc2C[C@@H]1C(=O)N1CCCC1)c1ccccc1. The number of anilines is 1. The van der Waals surface area contributed by atoms with E-state index in [1.165, 1.54) is 11.1 Å². The lowest BCUT2D eigenvalue weighted by atomic mass is 9.93. The first-order valence-corrected chi connectivity index (χ1v) is 11.0. The summed E-state index contributed by atoms with van der Waals surface area (Å²) in [5, 5.41) is 0. The summed E-state index contributed by atoms with van der Waals surface area (Å²) in [5.74, 6) is 0.209. The van der Waals surface area contributed by atoms with Crippen molar-refractivity contribution in [3.05, 3.63) is 65.7 Å². The minimum absolute atomic E-state index is 0.0369. The highest BCUT2D eigenvalue weighted by atomic mass is 16.2. The summed E-state index contributed by atoms with van der Waals surface area (Å²) in [6.45, 7) is 6.60. The molecule has 0 aliphatic carbocycles. The predicted octanol–water partition coefficient (Wildman–Crippen LogP) is 3.48. The van der Waals surface area contributed by atoms with Gasteiger partial charge in [-0.15, -0.1) is 0 Å². The summed E-state index contributed by atoms with van der Waals surface area (Å²) in [5.41, 5.74) is 3.34. The van der Waals surface area contributed by atoms with Gasteiger partial charge in [0, 0.05) is 31.4 Å². The maximum absolute atomic E-state index is 13.4. The molecule has 4 rings (SSSR count). The molecule has 1 atom stereocenters. The second-order valence-corrected chi connectivity index (χ2v) is 8.62. The molecular weight excluding hydrogens is 374 g/mol. The van der Waals surface area contributed by atoms with Gasteiger partial charge >= 0.3 is 0 Å². The van der Waals surface area contributed by atoms with Crippen LogP contribution >= 0.6 is 0 Å².